The van der Waals surface area contributed by atoms with Gasteiger partial charge in [0.1, 0.15) is 5.75 Å². The molecule has 184 valence electrons. The number of piperidine rings is 1. The Labute approximate surface area is 209 Å². The van der Waals surface area contributed by atoms with Crippen LogP contribution in [0.25, 0.3) is 0 Å². The van der Waals surface area contributed by atoms with Crippen LogP contribution >= 0.6 is 0 Å². The van der Waals surface area contributed by atoms with E-state index in [1.54, 1.807) is 25.1 Å². The van der Waals surface area contributed by atoms with Crippen LogP contribution in [0, 0.1) is 5.92 Å². The van der Waals surface area contributed by atoms with Crippen LogP contribution in [0.1, 0.15) is 51.5 Å². The average molecular weight is 484 g/mol. The molecule has 0 N–H and O–H groups in total. The number of amides is 2. The van der Waals surface area contributed by atoms with Gasteiger partial charge < -0.3 is 19.1 Å². The van der Waals surface area contributed by atoms with Gasteiger partial charge in [-0.1, -0.05) is 36.4 Å². The Morgan fingerprint density at radius 2 is 1.69 bits per heavy atom. The summed E-state index contributed by atoms with van der Waals surface area (Å²) in [6.07, 6.45) is 0.981. The number of benzene rings is 2. The lowest BCUT2D eigenvalue weighted by Gasteiger charge is -2.46. The van der Waals surface area contributed by atoms with Crippen molar-refractivity contribution in [2.45, 2.75) is 30.8 Å². The minimum atomic E-state index is -0.519. The Morgan fingerprint density at radius 1 is 0.917 bits per heavy atom. The molecule has 3 aliphatic heterocycles. The van der Waals surface area contributed by atoms with Crippen LogP contribution in [-0.2, 0) is 11.3 Å². The maximum atomic E-state index is 14.4. The third kappa shape index (κ3) is 3.53. The van der Waals surface area contributed by atoms with E-state index in [-0.39, 0.29) is 29.2 Å². The molecule has 36 heavy (non-hydrogen) atoms. The van der Waals surface area contributed by atoms with Crippen molar-refractivity contribution in [1.82, 2.24) is 14.4 Å². The van der Waals surface area contributed by atoms with Gasteiger partial charge in [-0.25, -0.2) is 0 Å². The zero-order valence-corrected chi connectivity index (χ0v) is 20.5. The molecule has 1 fully saturated rings. The number of pyridine rings is 1. The van der Waals surface area contributed by atoms with Gasteiger partial charge in [-0.2, -0.15) is 0 Å². The summed E-state index contributed by atoms with van der Waals surface area (Å²) < 4.78 is 7.21. The van der Waals surface area contributed by atoms with Gasteiger partial charge in [0.15, 0.2) is 0 Å². The Bertz CT molecular complexity index is 1400. The lowest BCUT2D eigenvalue weighted by atomic mass is 9.77. The van der Waals surface area contributed by atoms with Gasteiger partial charge in [0.05, 0.1) is 19.1 Å². The number of likely N-dealkylation sites (N-methyl/N-ethyl adjacent to an activating group) is 1. The number of methoxy groups -OCH3 is 1. The van der Waals surface area contributed by atoms with Gasteiger partial charge in [-0.15, -0.1) is 0 Å². The number of aromatic nitrogens is 1. The van der Waals surface area contributed by atoms with E-state index in [1.807, 2.05) is 70.1 Å². The molecule has 0 aliphatic carbocycles. The summed E-state index contributed by atoms with van der Waals surface area (Å²) in [5.41, 5.74) is 3.30. The van der Waals surface area contributed by atoms with Gasteiger partial charge in [0.25, 0.3) is 11.5 Å². The second kappa shape index (κ2) is 8.66. The summed E-state index contributed by atoms with van der Waals surface area (Å²) in [4.78, 5) is 43.8. The standard InChI is InChI=1S/C29H29N3O4/c1-30-27(19-10-12-21(36-2)13-11-19)26(22-6-3-4-7-23(22)28(30)34)29(35)31-15-18-14-20(17-31)24-8-5-9-25(33)32(24)16-18/h3-13,18,20,26-27H,14-17H2,1-2H3. The number of rotatable bonds is 3. The summed E-state index contributed by atoms with van der Waals surface area (Å²) >= 11 is 0. The molecule has 3 aromatic rings. The van der Waals surface area contributed by atoms with Crippen molar-refractivity contribution >= 4 is 11.8 Å². The predicted octanol–water partition coefficient (Wildman–Crippen LogP) is 3.41. The Balaban J connectivity index is 1.40. The lowest BCUT2D eigenvalue weighted by molar-refractivity contribution is -0.137. The topological polar surface area (TPSA) is 71.8 Å². The maximum absolute atomic E-state index is 14.4. The number of hydrogen-bond donors (Lipinski definition) is 0. The number of likely N-dealkylation sites (tertiary alicyclic amines) is 1. The fourth-order valence-electron chi connectivity index (χ4n) is 6.43. The molecule has 0 spiro atoms. The van der Waals surface area contributed by atoms with E-state index in [2.05, 4.69) is 0 Å². The van der Waals surface area contributed by atoms with E-state index >= 15 is 0 Å². The summed E-state index contributed by atoms with van der Waals surface area (Å²) in [5, 5.41) is 0. The highest BCUT2D eigenvalue weighted by Gasteiger charge is 2.46. The largest absolute Gasteiger partial charge is 0.497 e. The van der Waals surface area contributed by atoms with Crippen molar-refractivity contribution in [3.05, 3.63) is 99.5 Å². The van der Waals surface area contributed by atoms with Crippen LogP contribution < -0.4 is 10.3 Å². The van der Waals surface area contributed by atoms with Crippen LogP contribution in [-0.4, -0.2) is 53.4 Å². The summed E-state index contributed by atoms with van der Waals surface area (Å²) in [6.45, 7) is 1.82. The van der Waals surface area contributed by atoms with Gasteiger partial charge in [-0.05, 0) is 47.7 Å². The number of hydrogen-bond acceptors (Lipinski definition) is 4. The molecule has 0 radical (unpaired) electrons. The van der Waals surface area contributed by atoms with Crippen LogP contribution in [0.2, 0.25) is 0 Å². The van der Waals surface area contributed by atoms with E-state index in [4.69, 9.17) is 4.74 Å². The molecular formula is C29H29N3O4. The number of carbonyl (C=O) groups excluding carboxylic acids is 2. The van der Waals surface area contributed by atoms with Crippen LogP contribution in [0.5, 0.6) is 5.75 Å². The van der Waals surface area contributed by atoms with E-state index in [0.29, 0.717) is 25.2 Å². The lowest BCUT2D eigenvalue weighted by Crippen LogP contribution is -2.53. The highest BCUT2D eigenvalue weighted by Crippen LogP contribution is 2.45. The molecule has 3 aliphatic rings. The molecule has 4 unspecified atom stereocenters. The quantitative estimate of drug-likeness (QED) is 0.573. The van der Waals surface area contributed by atoms with Crippen molar-refractivity contribution in [3.63, 3.8) is 0 Å². The second-order valence-corrected chi connectivity index (χ2v) is 10.1. The van der Waals surface area contributed by atoms with E-state index < -0.39 is 12.0 Å². The molecule has 2 bridgehead atoms. The Morgan fingerprint density at radius 3 is 2.47 bits per heavy atom. The van der Waals surface area contributed by atoms with Gasteiger partial charge in [-0.3, -0.25) is 14.4 Å². The van der Waals surface area contributed by atoms with Crippen LogP contribution in [0.4, 0.5) is 0 Å². The fourth-order valence-corrected chi connectivity index (χ4v) is 6.43. The highest BCUT2D eigenvalue weighted by atomic mass is 16.5. The minimum Gasteiger partial charge on any atom is -0.497 e. The highest BCUT2D eigenvalue weighted by molar-refractivity contribution is 6.01. The van der Waals surface area contributed by atoms with Gasteiger partial charge >= 0.3 is 0 Å². The van der Waals surface area contributed by atoms with Gasteiger partial charge in [0.2, 0.25) is 5.91 Å². The molecule has 1 saturated heterocycles. The summed E-state index contributed by atoms with van der Waals surface area (Å²) in [5.74, 6) is 0.521. The number of ether oxygens (including phenoxy) is 1. The molecule has 2 aromatic carbocycles. The number of carbonyl (C=O) groups is 2. The molecular weight excluding hydrogens is 454 g/mol. The van der Waals surface area contributed by atoms with Gasteiger partial charge in [0, 0.05) is 49.9 Å². The fraction of sp³-hybridized carbons (Fsp3) is 0.345. The normalized spacial score (nSPS) is 24.7. The zero-order valence-electron chi connectivity index (χ0n) is 20.5. The summed E-state index contributed by atoms with van der Waals surface area (Å²) in [7, 11) is 3.40. The molecule has 0 saturated carbocycles. The third-order valence-electron chi connectivity index (χ3n) is 8.09. The SMILES string of the molecule is COc1ccc(C2C(C(=O)N3CC4CC(C3)c3cccc(=O)n3C4)c3ccccc3C(=O)N2C)cc1. The first-order valence-electron chi connectivity index (χ1n) is 12.4. The average Bonchev–Trinajstić information content (AvgIpc) is 2.91. The molecule has 6 rings (SSSR count). The van der Waals surface area contributed by atoms with Crippen molar-refractivity contribution < 1.29 is 14.3 Å². The Kier molecular flexibility index (Phi) is 5.43. The van der Waals surface area contributed by atoms with Crippen molar-refractivity contribution in [3.8, 4) is 5.75 Å². The molecule has 4 heterocycles. The molecule has 2 amide bonds. The van der Waals surface area contributed by atoms with Crippen molar-refractivity contribution in [1.29, 1.82) is 0 Å². The maximum Gasteiger partial charge on any atom is 0.254 e. The molecule has 7 nitrogen and oxygen atoms in total. The minimum absolute atomic E-state index is 0.0305. The van der Waals surface area contributed by atoms with E-state index in [9.17, 15) is 14.4 Å². The third-order valence-corrected chi connectivity index (χ3v) is 8.09. The zero-order chi connectivity index (χ0) is 25.0. The van der Waals surface area contributed by atoms with Crippen molar-refractivity contribution in [2.24, 2.45) is 5.92 Å². The van der Waals surface area contributed by atoms with E-state index in [1.165, 1.54) is 0 Å². The van der Waals surface area contributed by atoms with Crippen molar-refractivity contribution in [2.75, 3.05) is 27.2 Å². The predicted molar refractivity (Wildman–Crippen MR) is 135 cm³/mol. The Hall–Kier alpha value is -3.87. The molecule has 1 aromatic heterocycles. The number of nitrogens with zero attached hydrogens (tertiary/aromatic N) is 3. The van der Waals surface area contributed by atoms with E-state index in [0.717, 1.165) is 29.0 Å². The monoisotopic (exact) mass is 483 g/mol. The second-order valence-electron chi connectivity index (χ2n) is 10.1. The van der Waals surface area contributed by atoms with Crippen LogP contribution in [0.15, 0.2) is 71.5 Å². The first kappa shape index (κ1) is 22.6. The summed E-state index contributed by atoms with van der Waals surface area (Å²) in [6, 6.07) is 20.1. The molecule has 4 atom stereocenters. The first-order valence-corrected chi connectivity index (χ1v) is 12.4. The smallest absolute Gasteiger partial charge is 0.254 e. The first-order chi connectivity index (χ1) is 17.5. The van der Waals surface area contributed by atoms with Crippen LogP contribution in [0.3, 0.4) is 0 Å². The molecule has 7 heteroatoms. The number of fused-ring (bicyclic) bond motifs is 5.